The van der Waals surface area contributed by atoms with E-state index >= 15 is 0 Å². The molecular formula is C26H20O2. The van der Waals surface area contributed by atoms with E-state index in [1.54, 1.807) is 0 Å². The molecule has 0 unspecified atom stereocenters. The predicted octanol–water partition coefficient (Wildman–Crippen LogP) is 6.00. The Labute approximate surface area is 163 Å². The van der Waals surface area contributed by atoms with E-state index < -0.39 is 0 Å². The number of ketones is 2. The third-order valence-corrected chi connectivity index (χ3v) is 6.38. The van der Waals surface area contributed by atoms with E-state index in [1.807, 2.05) is 76.2 Å². The van der Waals surface area contributed by atoms with Gasteiger partial charge in [-0.3, -0.25) is 9.59 Å². The molecule has 1 aliphatic carbocycles. The van der Waals surface area contributed by atoms with Gasteiger partial charge in [-0.2, -0.15) is 0 Å². The van der Waals surface area contributed by atoms with E-state index in [9.17, 15) is 9.59 Å². The van der Waals surface area contributed by atoms with E-state index in [2.05, 4.69) is 0 Å². The highest BCUT2D eigenvalue weighted by Crippen LogP contribution is 2.41. The Morgan fingerprint density at radius 3 is 0.857 bits per heavy atom. The number of aryl methyl sites for hydroxylation is 4. The second-order valence-electron chi connectivity index (χ2n) is 7.75. The standard InChI is InChI=1S/C26H20O2/c1-13-17-9-5-6-10-18(17)14(2)22-21(13)25(27)23-15(3)19-11-7-8-12-20(19)16(4)24(23)26(22)28/h5-12H,1-4H3. The molecule has 28 heavy (non-hydrogen) atoms. The predicted molar refractivity (Wildman–Crippen MR) is 114 cm³/mol. The first-order valence-electron chi connectivity index (χ1n) is 9.56. The lowest BCUT2D eigenvalue weighted by Crippen LogP contribution is -2.26. The molecule has 1 aliphatic rings. The summed E-state index contributed by atoms with van der Waals surface area (Å²) in [7, 11) is 0. The van der Waals surface area contributed by atoms with Gasteiger partial charge in [0.25, 0.3) is 0 Å². The fraction of sp³-hybridized carbons (Fsp3) is 0.154. The molecule has 2 heteroatoms. The van der Waals surface area contributed by atoms with Crippen molar-refractivity contribution in [1.82, 2.24) is 0 Å². The van der Waals surface area contributed by atoms with Crippen LogP contribution < -0.4 is 0 Å². The van der Waals surface area contributed by atoms with E-state index in [4.69, 9.17) is 0 Å². The molecule has 5 rings (SSSR count). The Balaban J connectivity index is 1.99. The lowest BCUT2D eigenvalue weighted by atomic mass is 9.74. The summed E-state index contributed by atoms with van der Waals surface area (Å²) in [5.74, 6) is -0.0513. The van der Waals surface area contributed by atoms with Gasteiger partial charge in [-0.05, 0) is 71.5 Å². The molecule has 0 spiro atoms. The van der Waals surface area contributed by atoms with E-state index in [1.165, 1.54) is 0 Å². The zero-order valence-electron chi connectivity index (χ0n) is 16.4. The van der Waals surface area contributed by atoms with E-state index in [0.717, 1.165) is 43.8 Å². The van der Waals surface area contributed by atoms with Crippen LogP contribution in [-0.4, -0.2) is 11.6 Å². The van der Waals surface area contributed by atoms with Gasteiger partial charge in [0.15, 0.2) is 11.6 Å². The van der Waals surface area contributed by atoms with Gasteiger partial charge in [-0.1, -0.05) is 48.5 Å². The summed E-state index contributed by atoms with van der Waals surface area (Å²) < 4.78 is 0. The fourth-order valence-electron chi connectivity index (χ4n) is 4.95. The van der Waals surface area contributed by atoms with Gasteiger partial charge < -0.3 is 0 Å². The first kappa shape index (κ1) is 16.9. The van der Waals surface area contributed by atoms with Crippen LogP contribution in [0.3, 0.4) is 0 Å². The molecule has 0 heterocycles. The smallest absolute Gasteiger partial charge is 0.195 e. The highest BCUT2D eigenvalue weighted by atomic mass is 16.1. The van der Waals surface area contributed by atoms with Crippen molar-refractivity contribution in [3.05, 3.63) is 93.0 Å². The van der Waals surface area contributed by atoms with Crippen LogP contribution in [0.25, 0.3) is 21.5 Å². The number of rotatable bonds is 0. The van der Waals surface area contributed by atoms with Crippen molar-refractivity contribution < 1.29 is 9.59 Å². The van der Waals surface area contributed by atoms with Gasteiger partial charge in [-0.15, -0.1) is 0 Å². The van der Waals surface area contributed by atoms with Gasteiger partial charge in [0.05, 0.1) is 0 Å². The first-order valence-corrected chi connectivity index (χ1v) is 9.56. The SMILES string of the molecule is Cc1c2c(c(C)c3ccccc13)C(=O)c1c(c(C)c3ccccc3c1C)C2=O. The largest absolute Gasteiger partial charge is 0.289 e. The van der Waals surface area contributed by atoms with Gasteiger partial charge in [0, 0.05) is 22.3 Å². The van der Waals surface area contributed by atoms with Crippen molar-refractivity contribution in [2.75, 3.05) is 0 Å². The molecule has 0 radical (unpaired) electrons. The number of hydrogen-bond acceptors (Lipinski definition) is 2. The van der Waals surface area contributed by atoms with Crippen LogP contribution in [0.2, 0.25) is 0 Å². The number of benzene rings is 4. The summed E-state index contributed by atoms with van der Waals surface area (Å²) in [4.78, 5) is 27.5. The Morgan fingerprint density at radius 2 is 0.643 bits per heavy atom. The molecule has 0 aromatic heterocycles. The fourth-order valence-corrected chi connectivity index (χ4v) is 4.95. The van der Waals surface area contributed by atoms with Crippen molar-refractivity contribution in [3.8, 4) is 0 Å². The van der Waals surface area contributed by atoms with Crippen molar-refractivity contribution in [2.24, 2.45) is 0 Å². The minimum Gasteiger partial charge on any atom is -0.289 e. The van der Waals surface area contributed by atoms with Crippen LogP contribution in [0.4, 0.5) is 0 Å². The molecule has 0 bridgehead atoms. The maximum Gasteiger partial charge on any atom is 0.195 e. The second kappa shape index (κ2) is 5.62. The monoisotopic (exact) mass is 364 g/mol. The van der Waals surface area contributed by atoms with Crippen LogP contribution in [0.5, 0.6) is 0 Å². The summed E-state index contributed by atoms with van der Waals surface area (Å²) in [6.45, 7) is 7.83. The Bertz CT molecular complexity index is 1160. The molecule has 136 valence electrons. The van der Waals surface area contributed by atoms with Crippen LogP contribution in [0, 0.1) is 27.7 Å². The average Bonchev–Trinajstić information content (AvgIpc) is 2.71. The van der Waals surface area contributed by atoms with Gasteiger partial charge in [0.2, 0.25) is 0 Å². The normalized spacial score (nSPS) is 13.1. The Hall–Kier alpha value is -3.26. The van der Waals surface area contributed by atoms with Crippen molar-refractivity contribution in [1.29, 1.82) is 0 Å². The van der Waals surface area contributed by atoms with E-state index in [-0.39, 0.29) is 11.6 Å². The number of carbonyl (C=O) groups excluding carboxylic acids is 2. The zero-order valence-corrected chi connectivity index (χ0v) is 16.4. The van der Waals surface area contributed by atoms with Gasteiger partial charge in [0.1, 0.15) is 0 Å². The van der Waals surface area contributed by atoms with Crippen LogP contribution in [-0.2, 0) is 0 Å². The molecule has 0 saturated carbocycles. The average molecular weight is 364 g/mol. The first-order chi connectivity index (χ1) is 13.4. The van der Waals surface area contributed by atoms with Crippen molar-refractivity contribution in [2.45, 2.75) is 27.7 Å². The molecule has 4 aromatic carbocycles. The lowest BCUT2D eigenvalue weighted by molar-refractivity contribution is 0.0977. The third kappa shape index (κ3) is 1.92. The third-order valence-electron chi connectivity index (χ3n) is 6.38. The summed E-state index contributed by atoms with van der Waals surface area (Å²) in [6, 6.07) is 16.0. The molecular weight excluding hydrogens is 344 g/mol. The molecule has 0 saturated heterocycles. The van der Waals surface area contributed by atoms with Crippen LogP contribution >= 0.6 is 0 Å². The number of hydrogen-bond donors (Lipinski definition) is 0. The summed E-state index contributed by atoms with van der Waals surface area (Å²) in [5.41, 5.74) is 5.88. The lowest BCUT2D eigenvalue weighted by Gasteiger charge is -2.26. The summed E-state index contributed by atoms with van der Waals surface area (Å²) in [6.07, 6.45) is 0. The minimum absolute atomic E-state index is 0.0256. The number of carbonyl (C=O) groups is 2. The second-order valence-corrected chi connectivity index (χ2v) is 7.75. The Morgan fingerprint density at radius 1 is 0.429 bits per heavy atom. The molecule has 0 N–H and O–H groups in total. The van der Waals surface area contributed by atoms with E-state index in [0.29, 0.717) is 22.3 Å². The minimum atomic E-state index is -0.0256. The van der Waals surface area contributed by atoms with Gasteiger partial charge in [-0.25, -0.2) is 0 Å². The molecule has 4 aromatic rings. The van der Waals surface area contributed by atoms with Crippen molar-refractivity contribution >= 4 is 33.1 Å². The number of fused-ring (bicyclic) bond motifs is 4. The summed E-state index contributed by atoms with van der Waals surface area (Å²) in [5, 5.41) is 4.16. The zero-order chi connectivity index (χ0) is 19.7. The molecule has 0 aliphatic heterocycles. The van der Waals surface area contributed by atoms with Gasteiger partial charge >= 0.3 is 0 Å². The maximum atomic E-state index is 13.7. The van der Waals surface area contributed by atoms with Crippen LogP contribution in [0.15, 0.2) is 48.5 Å². The molecule has 0 atom stereocenters. The summed E-state index contributed by atoms with van der Waals surface area (Å²) >= 11 is 0. The highest BCUT2D eigenvalue weighted by Gasteiger charge is 2.36. The Kier molecular flexibility index (Phi) is 3.39. The molecule has 0 amide bonds. The quantitative estimate of drug-likeness (QED) is 0.338. The topological polar surface area (TPSA) is 34.1 Å². The maximum absolute atomic E-state index is 13.7. The van der Waals surface area contributed by atoms with Crippen LogP contribution in [0.1, 0.15) is 54.1 Å². The molecule has 0 fully saturated rings. The highest BCUT2D eigenvalue weighted by molar-refractivity contribution is 6.33. The molecule has 2 nitrogen and oxygen atoms in total. The van der Waals surface area contributed by atoms with Crippen molar-refractivity contribution in [3.63, 3.8) is 0 Å².